The molecule has 2 aromatic carbocycles. The maximum absolute atomic E-state index is 13.0. The number of hydrogen-bond acceptors (Lipinski definition) is 5. The normalized spacial score (nSPS) is 24.2. The van der Waals surface area contributed by atoms with Gasteiger partial charge in [0.05, 0.1) is 31.2 Å². The molecule has 2 aromatic rings. The van der Waals surface area contributed by atoms with Gasteiger partial charge in [-0.25, -0.2) is 8.42 Å². The molecule has 0 bridgehead atoms. The predicted molar refractivity (Wildman–Crippen MR) is 109 cm³/mol. The molecule has 2 atom stereocenters. The number of carbonyl (C=O) groups is 1. The number of benzene rings is 2. The van der Waals surface area contributed by atoms with Gasteiger partial charge in [-0.1, -0.05) is 29.8 Å². The van der Waals surface area contributed by atoms with Gasteiger partial charge in [-0.15, -0.1) is 0 Å². The van der Waals surface area contributed by atoms with Gasteiger partial charge in [0.2, 0.25) is 5.91 Å². The SMILES string of the molecule is COc1ccc(CN2CC(=O)N(c3cccc(Cl)c3)C3CS(=O)(=O)CC32)cc1. The van der Waals surface area contributed by atoms with Crippen molar-refractivity contribution in [3.63, 3.8) is 0 Å². The van der Waals surface area contributed by atoms with E-state index in [-0.39, 0.29) is 30.0 Å². The van der Waals surface area contributed by atoms with Crippen molar-refractivity contribution in [3.05, 3.63) is 59.1 Å². The number of fused-ring (bicyclic) bond motifs is 1. The highest BCUT2D eigenvalue weighted by Crippen LogP contribution is 2.33. The number of piperazine rings is 1. The zero-order valence-corrected chi connectivity index (χ0v) is 17.0. The van der Waals surface area contributed by atoms with Crippen molar-refractivity contribution in [1.82, 2.24) is 4.90 Å². The molecule has 2 saturated heterocycles. The van der Waals surface area contributed by atoms with Gasteiger partial charge in [0.1, 0.15) is 5.75 Å². The molecule has 28 heavy (non-hydrogen) atoms. The molecule has 6 nitrogen and oxygen atoms in total. The van der Waals surface area contributed by atoms with E-state index in [0.717, 1.165) is 11.3 Å². The Morgan fingerprint density at radius 3 is 2.50 bits per heavy atom. The summed E-state index contributed by atoms with van der Waals surface area (Å²) in [5.74, 6) is 0.661. The fourth-order valence-electron chi connectivity index (χ4n) is 4.06. The Morgan fingerprint density at radius 2 is 1.82 bits per heavy atom. The molecular formula is C20H21ClN2O4S. The number of rotatable bonds is 4. The molecule has 2 aliphatic rings. The first-order chi connectivity index (χ1) is 13.4. The lowest BCUT2D eigenvalue weighted by Crippen LogP contribution is -2.61. The van der Waals surface area contributed by atoms with E-state index < -0.39 is 15.9 Å². The van der Waals surface area contributed by atoms with E-state index in [1.54, 1.807) is 36.3 Å². The summed E-state index contributed by atoms with van der Waals surface area (Å²) < 4.78 is 30.0. The average Bonchev–Trinajstić information content (AvgIpc) is 2.97. The maximum Gasteiger partial charge on any atom is 0.241 e. The third-order valence-electron chi connectivity index (χ3n) is 5.33. The van der Waals surface area contributed by atoms with Gasteiger partial charge in [0, 0.05) is 23.3 Å². The molecule has 0 radical (unpaired) electrons. The number of nitrogens with zero attached hydrogens (tertiary/aromatic N) is 2. The average molecular weight is 421 g/mol. The standard InChI is InChI=1S/C20H21ClN2O4S/c1-27-17-7-5-14(6-8-17)10-22-11-20(24)23(16-4-2-3-15(21)9-16)19-13-28(25,26)12-18(19)22/h2-9,18-19H,10-13H2,1H3. The Bertz CT molecular complexity index is 994. The third kappa shape index (κ3) is 3.74. The molecule has 2 fully saturated rings. The van der Waals surface area contributed by atoms with Gasteiger partial charge in [-0.3, -0.25) is 9.69 Å². The van der Waals surface area contributed by atoms with Crippen LogP contribution in [0.15, 0.2) is 48.5 Å². The second-order valence-electron chi connectivity index (χ2n) is 7.21. The molecule has 0 spiro atoms. The van der Waals surface area contributed by atoms with E-state index in [0.29, 0.717) is 17.3 Å². The van der Waals surface area contributed by atoms with Crippen LogP contribution in [0.1, 0.15) is 5.56 Å². The first-order valence-electron chi connectivity index (χ1n) is 9.01. The van der Waals surface area contributed by atoms with E-state index >= 15 is 0 Å². The second-order valence-corrected chi connectivity index (χ2v) is 9.80. The topological polar surface area (TPSA) is 66.9 Å². The summed E-state index contributed by atoms with van der Waals surface area (Å²) in [5, 5.41) is 0.517. The number of carbonyl (C=O) groups excluding carboxylic acids is 1. The van der Waals surface area contributed by atoms with Crippen LogP contribution in [0.25, 0.3) is 0 Å². The van der Waals surface area contributed by atoms with Crippen molar-refractivity contribution in [3.8, 4) is 5.75 Å². The van der Waals surface area contributed by atoms with Crippen LogP contribution in [0.3, 0.4) is 0 Å². The summed E-state index contributed by atoms with van der Waals surface area (Å²) in [5.41, 5.74) is 1.65. The number of sulfone groups is 1. The minimum Gasteiger partial charge on any atom is -0.497 e. The molecule has 0 N–H and O–H groups in total. The molecule has 0 aliphatic carbocycles. The van der Waals surface area contributed by atoms with Gasteiger partial charge in [-0.2, -0.15) is 0 Å². The molecule has 2 heterocycles. The van der Waals surface area contributed by atoms with Crippen molar-refractivity contribution < 1.29 is 17.9 Å². The molecule has 2 aliphatic heterocycles. The van der Waals surface area contributed by atoms with E-state index in [1.807, 2.05) is 29.2 Å². The summed E-state index contributed by atoms with van der Waals surface area (Å²) in [7, 11) is -1.62. The van der Waals surface area contributed by atoms with Gasteiger partial charge >= 0.3 is 0 Å². The molecule has 4 rings (SSSR count). The van der Waals surface area contributed by atoms with Crippen LogP contribution in [-0.2, 0) is 21.2 Å². The summed E-state index contributed by atoms with van der Waals surface area (Å²) >= 11 is 6.09. The van der Waals surface area contributed by atoms with Crippen LogP contribution in [0, 0.1) is 0 Å². The zero-order chi connectivity index (χ0) is 19.9. The lowest BCUT2D eigenvalue weighted by Gasteiger charge is -2.43. The molecule has 148 valence electrons. The summed E-state index contributed by atoms with van der Waals surface area (Å²) in [4.78, 5) is 16.6. The number of halogens is 1. The molecule has 8 heteroatoms. The van der Waals surface area contributed by atoms with Crippen LogP contribution in [-0.4, -0.2) is 56.5 Å². The number of hydrogen-bond donors (Lipinski definition) is 0. The lowest BCUT2D eigenvalue weighted by molar-refractivity contribution is -0.123. The van der Waals surface area contributed by atoms with Crippen LogP contribution in [0.4, 0.5) is 5.69 Å². The Balaban J connectivity index is 1.64. The smallest absolute Gasteiger partial charge is 0.241 e. The fraction of sp³-hybridized carbons (Fsp3) is 0.350. The second kappa shape index (κ2) is 7.39. The van der Waals surface area contributed by atoms with Crippen molar-refractivity contribution in [2.24, 2.45) is 0 Å². The quantitative estimate of drug-likeness (QED) is 0.759. The summed E-state index contributed by atoms with van der Waals surface area (Å²) in [6.45, 7) is 0.672. The van der Waals surface area contributed by atoms with Gasteiger partial charge in [-0.05, 0) is 35.9 Å². The molecule has 0 saturated carbocycles. The minimum absolute atomic E-state index is 0.0327. The number of methoxy groups -OCH3 is 1. The highest BCUT2D eigenvalue weighted by molar-refractivity contribution is 7.91. The van der Waals surface area contributed by atoms with Crippen molar-refractivity contribution >= 4 is 33.0 Å². The van der Waals surface area contributed by atoms with E-state index in [9.17, 15) is 13.2 Å². The van der Waals surface area contributed by atoms with Crippen LogP contribution in [0.2, 0.25) is 5.02 Å². The highest BCUT2D eigenvalue weighted by Gasteiger charge is 2.49. The Morgan fingerprint density at radius 1 is 1.11 bits per heavy atom. The number of amides is 1. The third-order valence-corrected chi connectivity index (χ3v) is 7.27. The van der Waals surface area contributed by atoms with Crippen molar-refractivity contribution in [2.45, 2.75) is 18.6 Å². The van der Waals surface area contributed by atoms with E-state index in [2.05, 4.69) is 0 Å². The monoisotopic (exact) mass is 420 g/mol. The summed E-state index contributed by atoms with van der Waals surface area (Å²) in [6, 6.07) is 13.9. The molecule has 1 amide bonds. The van der Waals surface area contributed by atoms with E-state index in [1.165, 1.54) is 0 Å². The first kappa shape index (κ1) is 19.2. The van der Waals surface area contributed by atoms with Crippen LogP contribution < -0.4 is 9.64 Å². The van der Waals surface area contributed by atoms with Crippen LogP contribution >= 0.6 is 11.6 Å². The minimum atomic E-state index is -3.23. The van der Waals surface area contributed by atoms with Gasteiger partial charge in [0.15, 0.2) is 9.84 Å². The maximum atomic E-state index is 13.0. The van der Waals surface area contributed by atoms with Crippen molar-refractivity contribution in [1.29, 1.82) is 0 Å². The lowest BCUT2D eigenvalue weighted by atomic mass is 10.0. The van der Waals surface area contributed by atoms with Crippen molar-refractivity contribution in [2.75, 3.05) is 30.1 Å². The zero-order valence-electron chi connectivity index (χ0n) is 15.4. The first-order valence-corrected chi connectivity index (χ1v) is 11.2. The highest BCUT2D eigenvalue weighted by atomic mass is 35.5. The van der Waals surface area contributed by atoms with E-state index in [4.69, 9.17) is 16.3 Å². The van der Waals surface area contributed by atoms with Crippen LogP contribution in [0.5, 0.6) is 5.75 Å². The molecular weight excluding hydrogens is 400 g/mol. The Kier molecular flexibility index (Phi) is 5.07. The Hall–Kier alpha value is -2.09. The number of ether oxygens (including phenoxy) is 1. The molecule has 0 aromatic heterocycles. The predicted octanol–water partition coefficient (Wildman–Crippen LogP) is 2.36. The Labute approximate surface area is 169 Å². The number of anilines is 1. The molecule has 2 unspecified atom stereocenters. The van der Waals surface area contributed by atoms with Gasteiger partial charge < -0.3 is 9.64 Å². The largest absolute Gasteiger partial charge is 0.497 e. The van der Waals surface area contributed by atoms with Gasteiger partial charge in [0.25, 0.3) is 0 Å². The summed E-state index contributed by atoms with van der Waals surface area (Å²) in [6.07, 6.45) is 0. The fourth-order valence-corrected chi connectivity index (χ4v) is 6.22.